The summed E-state index contributed by atoms with van der Waals surface area (Å²) in [6.45, 7) is 0. The molecule has 0 fully saturated rings. The molecular formula is C25H20FNO3. The van der Waals surface area contributed by atoms with Crippen molar-refractivity contribution in [2.75, 3.05) is 7.11 Å². The zero-order valence-electron chi connectivity index (χ0n) is 16.4. The summed E-state index contributed by atoms with van der Waals surface area (Å²) in [7, 11) is 1.27. The minimum absolute atomic E-state index is 0.116. The van der Waals surface area contributed by atoms with Gasteiger partial charge < -0.3 is 10.1 Å². The van der Waals surface area contributed by atoms with Crippen molar-refractivity contribution in [1.82, 2.24) is 5.32 Å². The van der Waals surface area contributed by atoms with Crippen molar-refractivity contribution in [3.63, 3.8) is 0 Å². The van der Waals surface area contributed by atoms with Crippen LogP contribution in [0.1, 0.15) is 15.9 Å². The molecule has 1 atom stereocenters. The summed E-state index contributed by atoms with van der Waals surface area (Å²) >= 11 is 0. The van der Waals surface area contributed by atoms with E-state index in [1.165, 1.54) is 25.3 Å². The Bertz CT molecular complexity index is 1200. The van der Waals surface area contributed by atoms with Crippen LogP contribution in [0.5, 0.6) is 0 Å². The number of carbonyl (C=O) groups is 2. The lowest BCUT2D eigenvalue weighted by atomic mass is 9.92. The van der Waals surface area contributed by atoms with E-state index in [0.717, 1.165) is 27.1 Å². The Kier molecular flexibility index (Phi) is 5.44. The Morgan fingerprint density at radius 1 is 0.900 bits per heavy atom. The monoisotopic (exact) mass is 401 g/mol. The lowest BCUT2D eigenvalue weighted by Gasteiger charge is -2.19. The van der Waals surface area contributed by atoms with Crippen LogP contribution in [0.25, 0.3) is 21.5 Å². The molecule has 0 aliphatic rings. The number of amides is 1. The van der Waals surface area contributed by atoms with Gasteiger partial charge in [-0.1, -0.05) is 60.7 Å². The molecule has 0 bridgehead atoms. The highest BCUT2D eigenvalue weighted by Crippen LogP contribution is 2.29. The number of methoxy groups -OCH3 is 1. The van der Waals surface area contributed by atoms with Gasteiger partial charge in [-0.05, 0) is 45.3 Å². The van der Waals surface area contributed by atoms with Crippen LogP contribution in [0, 0.1) is 5.82 Å². The van der Waals surface area contributed by atoms with E-state index in [1.807, 2.05) is 48.5 Å². The Morgan fingerprint density at radius 2 is 1.47 bits per heavy atom. The van der Waals surface area contributed by atoms with E-state index in [0.29, 0.717) is 0 Å². The number of halogens is 1. The average Bonchev–Trinajstić information content (AvgIpc) is 2.77. The lowest BCUT2D eigenvalue weighted by molar-refractivity contribution is -0.142. The van der Waals surface area contributed by atoms with Crippen LogP contribution in [0.4, 0.5) is 4.39 Å². The van der Waals surface area contributed by atoms with E-state index in [2.05, 4.69) is 11.4 Å². The molecular weight excluding hydrogens is 381 g/mol. The highest BCUT2D eigenvalue weighted by Gasteiger charge is 2.25. The minimum Gasteiger partial charge on any atom is -0.467 e. The van der Waals surface area contributed by atoms with Crippen LogP contribution in [0.3, 0.4) is 0 Å². The van der Waals surface area contributed by atoms with Crippen molar-refractivity contribution >= 4 is 33.4 Å². The summed E-state index contributed by atoms with van der Waals surface area (Å²) in [6.07, 6.45) is 0.217. The van der Waals surface area contributed by atoms with Crippen LogP contribution in [-0.4, -0.2) is 25.0 Å². The topological polar surface area (TPSA) is 55.4 Å². The van der Waals surface area contributed by atoms with E-state index >= 15 is 0 Å². The molecule has 0 heterocycles. The Hall–Kier alpha value is -3.73. The van der Waals surface area contributed by atoms with E-state index in [9.17, 15) is 14.0 Å². The van der Waals surface area contributed by atoms with Gasteiger partial charge in [-0.2, -0.15) is 0 Å². The summed E-state index contributed by atoms with van der Waals surface area (Å²) in [4.78, 5) is 25.2. The normalized spacial score (nSPS) is 11.9. The molecule has 0 saturated carbocycles. The Labute approximate surface area is 173 Å². The van der Waals surface area contributed by atoms with Crippen LogP contribution >= 0.6 is 0 Å². The summed E-state index contributed by atoms with van der Waals surface area (Å²) in [5.41, 5.74) is 0.808. The molecule has 5 heteroatoms. The van der Waals surface area contributed by atoms with E-state index < -0.39 is 23.7 Å². The van der Waals surface area contributed by atoms with Crippen molar-refractivity contribution in [3.8, 4) is 0 Å². The molecule has 0 saturated heterocycles. The third kappa shape index (κ3) is 3.74. The molecule has 4 aromatic carbocycles. The first-order valence-corrected chi connectivity index (χ1v) is 9.61. The number of benzene rings is 4. The third-order valence-electron chi connectivity index (χ3n) is 5.20. The standard InChI is InChI=1S/C25H20FNO3/c1-30-25(29)23(27-24(28)20-12-6-7-13-22(20)26)15-21-18-10-4-2-8-16(18)14-17-9-3-5-11-19(17)21/h2-14,23H,15H2,1H3,(H,27,28)/t23-/m0/s1. The van der Waals surface area contributed by atoms with E-state index in [1.54, 1.807) is 6.07 Å². The maximum Gasteiger partial charge on any atom is 0.328 e. The first kappa shape index (κ1) is 19.6. The molecule has 0 aliphatic heterocycles. The number of hydrogen-bond donors (Lipinski definition) is 1. The van der Waals surface area contributed by atoms with Gasteiger partial charge in [0.25, 0.3) is 5.91 Å². The number of carbonyl (C=O) groups excluding carboxylic acids is 2. The second-order valence-electron chi connectivity index (χ2n) is 7.03. The van der Waals surface area contributed by atoms with E-state index in [-0.39, 0.29) is 12.0 Å². The van der Waals surface area contributed by atoms with Crippen LogP contribution in [0.2, 0.25) is 0 Å². The molecule has 0 radical (unpaired) electrons. The molecule has 30 heavy (non-hydrogen) atoms. The largest absolute Gasteiger partial charge is 0.467 e. The third-order valence-corrected chi connectivity index (χ3v) is 5.20. The zero-order chi connectivity index (χ0) is 21.1. The quantitative estimate of drug-likeness (QED) is 0.391. The maximum atomic E-state index is 14.0. The molecule has 0 aromatic heterocycles. The molecule has 4 aromatic rings. The predicted octanol–water partition coefficient (Wildman–Crippen LogP) is 4.65. The van der Waals surface area contributed by atoms with Crippen LogP contribution < -0.4 is 5.32 Å². The average molecular weight is 401 g/mol. The zero-order valence-corrected chi connectivity index (χ0v) is 16.4. The first-order valence-electron chi connectivity index (χ1n) is 9.61. The van der Waals surface area contributed by atoms with E-state index in [4.69, 9.17) is 4.74 Å². The second kappa shape index (κ2) is 8.33. The molecule has 4 nitrogen and oxygen atoms in total. The van der Waals surface area contributed by atoms with Crippen molar-refractivity contribution in [2.24, 2.45) is 0 Å². The number of fused-ring (bicyclic) bond motifs is 2. The summed E-state index contributed by atoms with van der Waals surface area (Å²) in [5, 5.41) is 6.71. The van der Waals surface area contributed by atoms with Crippen LogP contribution in [0.15, 0.2) is 78.9 Å². The number of rotatable bonds is 5. The fraction of sp³-hybridized carbons (Fsp3) is 0.120. The number of ether oxygens (including phenoxy) is 1. The molecule has 150 valence electrons. The summed E-state index contributed by atoms with van der Waals surface area (Å²) < 4.78 is 19.0. The summed E-state index contributed by atoms with van der Waals surface area (Å²) in [6, 6.07) is 22.6. The molecule has 0 unspecified atom stereocenters. The molecule has 0 spiro atoms. The SMILES string of the molecule is COC(=O)[C@H](Cc1c2ccccc2cc2ccccc12)NC(=O)c1ccccc1F. The highest BCUT2D eigenvalue weighted by molar-refractivity contribution is 6.03. The van der Waals surface area contributed by atoms with Gasteiger partial charge in [0.15, 0.2) is 0 Å². The number of esters is 1. The van der Waals surface area contributed by atoms with Gasteiger partial charge in [0.2, 0.25) is 0 Å². The van der Waals surface area contributed by atoms with Crippen molar-refractivity contribution in [2.45, 2.75) is 12.5 Å². The van der Waals surface area contributed by atoms with Crippen molar-refractivity contribution in [3.05, 3.63) is 95.8 Å². The van der Waals surface area contributed by atoms with Gasteiger partial charge in [-0.3, -0.25) is 4.79 Å². The fourth-order valence-electron chi connectivity index (χ4n) is 3.75. The fourth-order valence-corrected chi connectivity index (χ4v) is 3.75. The van der Waals surface area contributed by atoms with Gasteiger partial charge in [-0.15, -0.1) is 0 Å². The van der Waals surface area contributed by atoms with Gasteiger partial charge in [0, 0.05) is 6.42 Å². The lowest BCUT2D eigenvalue weighted by Crippen LogP contribution is -2.43. The summed E-state index contributed by atoms with van der Waals surface area (Å²) in [5.74, 6) is -1.89. The maximum absolute atomic E-state index is 14.0. The molecule has 4 rings (SSSR count). The van der Waals surface area contributed by atoms with Gasteiger partial charge in [0.1, 0.15) is 11.9 Å². The molecule has 0 aliphatic carbocycles. The molecule has 1 N–H and O–H groups in total. The number of hydrogen-bond acceptors (Lipinski definition) is 3. The second-order valence-corrected chi connectivity index (χ2v) is 7.03. The van der Waals surface area contributed by atoms with Crippen molar-refractivity contribution in [1.29, 1.82) is 0 Å². The van der Waals surface area contributed by atoms with Gasteiger partial charge >= 0.3 is 5.97 Å². The predicted molar refractivity (Wildman–Crippen MR) is 115 cm³/mol. The van der Waals surface area contributed by atoms with Crippen molar-refractivity contribution < 1.29 is 18.7 Å². The Balaban J connectivity index is 1.77. The Morgan fingerprint density at radius 3 is 2.07 bits per heavy atom. The molecule has 1 amide bonds. The minimum atomic E-state index is -0.962. The smallest absolute Gasteiger partial charge is 0.328 e. The number of nitrogens with one attached hydrogen (secondary N) is 1. The van der Waals surface area contributed by atoms with Crippen LogP contribution in [-0.2, 0) is 16.0 Å². The highest BCUT2D eigenvalue weighted by atomic mass is 19.1. The van der Waals surface area contributed by atoms with Gasteiger partial charge in [-0.25, -0.2) is 9.18 Å². The first-order chi connectivity index (χ1) is 14.6. The van der Waals surface area contributed by atoms with Gasteiger partial charge in [0.05, 0.1) is 12.7 Å².